The van der Waals surface area contributed by atoms with Crippen molar-refractivity contribution < 1.29 is 18.0 Å². The van der Waals surface area contributed by atoms with E-state index in [1.165, 1.54) is 4.68 Å². The molecule has 1 amide bonds. The van der Waals surface area contributed by atoms with Crippen LogP contribution in [0.2, 0.25) is 10.0 Å². The number of alkyl halides is 3. The van der Waals surface area contributed by atoms with Crippen LogP contribution in [-0.4, -0.2) is 33.3 Å². The van der Waals surface area contributed by atoms with Crippen LogP contribution in [0.5, 0.6) is 0 Å². The van der Waals surface area contributed by atoms with Crippen molar-refractivity contribution in [2.75, 3.05) is 6.54 Å². The number of halogens is 5. The molecule has 0 bridgehead atoms. The molecule has 2 aromatic carbocycles. The zero-order valence-corrected chi connectivity index (χ0v) is 15.7. The van der Waals surface area contributed by atoms with Gasteiger partial charge in [-0.2, -0.15) is 18.3 Å². The molecule has 144 valence electrons. The lowest BCUT2D eigenvalue weighted by atomic mass is 10.1. The summed E-state index contributed by atoms with van der Waals surface area (Å²) in [5, 5.41) is 5.40. The Morgan fingerprint density at radius 3 is 2.39 bits per heavy atom. The van der Waals surface area contributed by atoms with E-state index in [9.17, 15) is 18.0 Å². The summed E-state index contributed by atoms with van der Waals surface area (Å²) in [5.74, 6) is -0.703. The molecule has 4 nitrogen and oxygen atoms in total. The molecule has 0 fully saturated rings. The van der Waals surface area contributed by atoms with Crippen LogP contribution in [0.4, 0.5) is 13.2 Å². The maximum Gasteiger partial charge on any atom is 0.406 e. The highest BCUT2D eigenvalue weighted by Gasteiger charge is 2.41. The molecule has 2 heterocycles. The second-order valence-electron chi connectivity index (χ2n) is 6.35. The number of benzene rings is 2. The summed E-state index contributed by atoms with van der Waals surface area (Å²) in [4.78, 5) is 13.5. The predicted octanol–water partition coefficient (Wildman–Crippen LogP) is 5.36. The van der Waals surface area contributed by atoms with Gasteiger partial charge in [0.05, 0.1) is 29.2 Å². The van der Waals surface area contributed by atoms with Crippen molar-refractivity contribution in [2.24, 2.45) is 0 Å². The zero-order chi connectivity index (χ0) is 20.1. The zero-order valence-electron chi connectivity index (χ0n) is 14.2. The molecule has 3 aromatic rings. The Hall–Kier alpha value is -2.51. The Bertz CT molecular complexity index is 1060. The molecule has 1 aliphatic heterocycles. The Labute approximate surface area is 168 Å². The van der Waals surface area contributed by atoms with E-state index in [0.717, 1.165) is 4.90 Å². The molecule has 0 N–H and O–H groups in total. The number of hydrogen-bond donors (Lipinski definition) is 0. The standard InChI is InChI=1S/C19H12Cl2F3N3O/c20-12-6-4-11(5-7-12)17-16-15(9-26(18(16)28)10-19(22,23)24)25-27(17)14-3-1-2-13(21)8-14/h1-8H,9-10H2. The van der Waals surface area contributed by atoms with Crippen molar-refractivity contribution in [3.8, 4) is 16.9 Å². The highest BCUT2D eigenvalue weighted by molar-refractivity contribution is 6.31. The van der Waals surface area contributed by atoms with Crippen LogP contribution < -0.4 is 0 Å². The van der Waals surface area contributed by atoms with Crippen LogP contribution in [0.1, 0.15) is 16.1 Å². The largest absolute Gasteiger partial charge is 0.406 e. The second-order valence-corrected chi connectivity index (χ2v) is 7.22. The molecule has 0 radical (unpaired) electrons. The highest BCUT2D eigenvalue weighted by Crippen LogP contribution is 2.36. The molecule has 0 atom stereocenters. The van der Waals surface area contributed by atoms with Gasteiger partial charge in [0.1, 0.15) is 6.54 Å². The second kappa shape index (κ2) is 6.83. The Kier molecular flexibility index (Phi) is 4.59. The fraction of sp³-hybridized carbons (Fsp3) is 0.158. The average molecular weight is 426 g/mol. The van der Waals surface area contributed by atoms with Crippen molar-refractivity contribution >= 4 is 29.1 Å². The normalized spacial score (nSPS) is 13.9. The molecule has 0 saturated carbocycles. The maximum absolute atomic E-state index is 12.8. The molecular weight excluding hydrogens is 414 g/mol. The Morgan fingerprint density at radius 1 is 1.04 bits per heavy atom. The van der Waals surface area contributed by atoms with Gasteiger partial charge in [-0.05, 0) is 30.3 Å². The van der Waals surface area contributed by atoms with Crippen LogP contribution in [0.3, 0.4) is 0 Å². The van der Waals surface area contributed by atoms with Gasteiger partial charge in [0, 0.05) is 15.6 Å². The summed E-state index contributed by atoms with van der Waals surface area (Å²) in [5.41, 5.74) is 2.07. The van der Waals surface area contributed by atoms with E-state index in [2.05, 4.69) is 5.10 Å². The SMILES string of the molecule is O=C1c2c(nn(-c3cccc(Cl)c3)c2-c2ccc(Cl)cc2)CN1CC(F)(F)F. The van der Waals surface area contributed by atoms with E-state index in [1.54, 1.807) is 48.5 Å². The predicted molar refractivity (Wildman–Crippen MR) is 99.8 cm³/mol. The van der Waals surface area contributed by atoms with Gasteiger partial charge < -0.3 is 4.90 Å². The summed E-state index contributed by atoms with van der Waals surface area (Å²) in [6, 6.07) is 13.5. The quantitative estimate of drug-likeness (QED) is 0.566. The number of carbonyl (C=O) groups is 1. The minimum Gasteiger partial charge on any atom is -0.323 e. The first-order chi connectivity index (χ1) is 13.2. The van der Waals surface area contributed by atoms with E-state index >= 15 is 0 Å². The first-order valence-electron chi connectivity index (χ1n) is 8.23. The molecule has 0 spiro atoms. The van der Waals surface area contributed by atoms with Crippen LogP contribution in [0, 0.1) is 0 Å². The summed E-state index contributed by atoms with van der Waals surface area (Å²) in [6.07, 6.45) is -4.48. The Morgan fingerprint density at radius 2 is 1.75 bits per heavy atom. The number of carbonyl (C=O) groups excluding carboxylic acids is 1. The number of amides is 1. The molecule has 9 heteroatoms. The van der Waals surface area contributed by atoms with E-state index in [1.807, 2.05) is 0 Å². The van der Waals surface area contributed by atoms with Crippen molar-refractivity contribution in [1.29, 1.82) is 0 Å². The van der Waals surface area contributed by atoms with Gasteiger partial charge in [0.2, 0.25) is 0 Å². The molecule has 0 unspecified atom stereocenters. The van der Waals surface area contributed by atoms with E-state index in [4.69, 9.17) is 23.2 Å². The van der Waals surface area contributed by atoms with E-state index in [-0.39, 0.29) is 12.1 Å². The third-order valence-electron chi connectivity index (χ3n) is 4.34. The van der Waals surface area contributed by atoms with Crippen molar-refractivity contribution in [1.82, 2.24) is 14.7 Å². The number of fused-ring (bicyclic) bond motifs is 1. The number of aromatic nitrogens is 2. The van der Waals surface area contributed by atoms with Crippen molar-refractivity contribution in [3.63, 3.8) is 0 Å². The average Bonchev–Trinajstić information content (AvgIpc) is 3.12. The van der Waals surface area contributed by atoms with Crippen LogP contribution >= 0.6 is 23.2 Å². The van der Waals surface area contributed by atoms with Crippen LogP contribution in [0.15, 0.2) is 48.5 Å². The molecule has 28 heavy (non-hydrogen) atoms. The van der Waals surface area contributed by atoms with Crippen LogP contribution in [0.25, 0.3) is 16.9 Å². The molecule has 4 rings (SSSR count). The summed E-state index contributed by atoms with van der Waals surface area (Å²) in [7, 11) is 0. The fourth-order valence-corrected chi connectivity index (χ4v) is 3.53. The lowest BCUT2D eigenvalue weighted by Gasteiger charge is -2.19. The number of nitrogens with zero attached hydrogens (tertiary/aromatic N) is 3. The first kappa shape index (κ1) is 18.8. The van der Waals surface area contributed by atoms with Gasteiger partial charge >= 0.3 is 6.18 Å². The molecule has 1 aromatic heterocycles. The smallest absolute Gasteiger partial charge is 0.323 e. The third kappa shape index (κ3) is 3.47. The van der Waals surface area contributed by atoms with E-state index < -0.39 is 18.6 Å². The fourth-order valence-electron chi connectivity index (χ4n) is 3.22. The van der Waals surface area contributed by atoms with Gasteiger partial charge in [-0.3, -0.25) is 4.79 Å². The minimum atomic E-state index is -4.48. The molecule has 0 saturated heterocycles. The van der Waals surface area contributed by atoms with E-state index in [0.29, 0.717) is 32.7 Å². The van der Waals surface area contributed by atoms with Gasteiger partial charge in [-0.15, -0.1) is 0 Å². The summed E-state index contributed by atoms with van der Waals surface area (Å²) < 4.78 is 40.0. The van der Waals surface area contributed by atoms with Crippen molar-refractivity contribution in [2.45, 2.75) is 12.7 Å². The van der Waals surface area contributed by atoms with Gasteiger partial charge in [0.25, 0.3) is 5.91 Å². The monoisotopic (exact) mass is 425 g/mol. The van der Waals surface area contributed by atoms with Crippen LogP contribution in [-0.2, 0) is 6.54 Å². The first-order valence-corrected chi connectivity index (χ1v) is 8.98. The lowest BCUT2D eigenvalue weighted by Crippen LogP contribution is -2.34. The molecule has 1 aliphatic rings. The van der Waals surface area contributed by atoms with Gasteiger partial charge in [0.15, 0.2) is 0 Å². The van der Waals surface area contributed by atoms with Crippen molar-refractivity contribution in [3.05, 3.63) is 69.8 Å². The topological polar surface area (TPSA) is 38.1 Å². The molecular formula is C19H12Cl2F3N3O. The third-order valence-corrected chi connectivity index (χ3v) is 4.83. The maximum atomic E-state index is 12.8. The number of hydrogen-bond acceptors (Lipinski definition) is 2. The molecule has 0 aliphatic carbocycles. The summed E-state index contributed by atoms with van der Waals surface area (Å²) in [6.45, 7) is -1.53. The minimum absolute atomic E-state index is 0.159. The Balaban J connectivity index is 1.87. The highest BCUT2D eigenvalue weighted by atomic mass is 35.5. The number of rotatable bonds is 3. The lowest BCUT2D eigenvalue weighted by molar-refractivity contribution is -0.141. The van der Waals surface area contributed by atoms with Gasteiger partial charge in [-0.25, -0.2) is 4.68 Å². The van der Waals surface area contributed by atoms with Gasteiger partial charge in [-0.1, -0.05) is 41.4 Å². The summed E-state index contributed by atoms with van der Waals surface area (Å²) >= 11 is 12.0.